The summed E-state index contributed by atoms with van der Waals surface area (Å²) < 4.78 is 21.0. The molecule has 0 aliphatic carbocycles. The van der Waals surface area contributed by atoms with E-state index in [1.165, 1.54) is 48.7 Å². The predicted octanol–water partition coefficient (Wildman–Crippen LogP) is 6.62. The van der Waals surface area contributed by atoms with E-state index in [2.05, 4.69) is 4.74 Å². The van der Waals surface area contributed by atoms with Crippen molar-refractivity contribution >= 4 is 81.2 Å². The Balaban J connectivity index is 0.000000201. The highest BCUT2D eigenvalue weighted by molar-refractivity contribution is 8.26. The highest BCUT2D eigenvalue weighted by Crippen LogP contribution is 2.35. The minimum absolute atomic E-state index is 0.115. The van der Waals surface area contributed by atoms with Gasteiger partial charge in [-0.2, -0.15) is 0 Å². The van der Waals surface area contributed by atoms with E-state index in [9.17, 15) is 19.2 Å². The first-order chi connectivity index (χ1) is 19.3. The Morgan fingerprint density at radius 1 is 0.900 bits per heavy atom. The minimum Gasteiger partial charge on any atom is -0.465 e. The van der Waals surface area contributed by atoms with E-state index in [-0.39, 0.29) is 11.7 Å². The molecule has 0 saturated carbocycles. The zero-order chi connectivity index (χ0) is 28.8. The molecule has 0 radical (unpaired) electrons. The summed E-state index contributed by atoms with van der Waals surface area (Å²) in [6.45, 7) is 2.42. The number of aldehydes is 1. The molecule has 0 bridgehead atoms. The van der Waals surface area contributed by atoms with Gasteiger partial charge < -0.3 is 18.3 Å². The van der Waals surface area contributed by atoms with Gasteiger partial charge in [-0.25, -0.2) is 9.59 Å². The van der Waals surface area contributed by atoms with Crippen molar-refractivity contribution in [1.29, 1.82) is 0 Å². The van der Waals surface area contributed by atoms with Crippen LogP contribution in [0.15, 0.2) is 60.9 Å². The molecule has 5 rings (SSSR count). The lowest BCUT2D eigenvalue weighted by Gasteiger charge is -2.09. The summed E-state index contributed by atoms with van der Waals surface area (Å²) in [4.78, 5) is 48.9. The second-order valence-corrected chi connectivity index (χ2v) is 11.3. The van der Waals surface area contributed by atoms with Gasteiger partial charge in [-0.05, 0) is 54.1 Å². The quantitative estimate of drug-likeness (QED) is 0.0971. The molecule has 206 valence electrons. The molecular formula is C27H21NO8S4. The van der Waals surface area contributed by atoms with Crippen LogP contribution in [0.4, 0.5) is 0 Å². The van der Waals surface area contributed by atoms with Gasteiger partial charge in [0.1, 0.15) is 31.4 Å². The molecule has 4 aromatic heterocycles. The summed E-state index contributed by atoms with van der Waals surface area (Å²) in [6, 6.07) is 10.3. The molecule has 4 aromatic rings. The maximum Gasteiger partial charge on any atom is 0.348 e. The number of carbonyl (C=O) groups excluding carboxylic acids is 4. The van der Waals surface area contributed by atoms with Crippen LogP contribution in [0.1, 0.15) is 42.6 Å². The average Bonchev–Trinajstić information content (AvgIpc) is 3.79. The number of hydrogen-bond donors (Lipinski definition) is 0. The van der Waals surface area contributed by atoms with E-state index in [0.29, 0.717) is 60.2 Å². The molecule has 9 nitrogen and oxygen atoms in total. The zero-order valence-corrected chi connectivity index (χ0v) is 24.6. The van der Waals surface area contributed by atoms with Crippen LogP contribution in [0.25, 0.3) is 28.7 Å². The molecule has 5 heterocycles. The Morgan fingerprint density at radius 3 is 1.88 bits per heavy atom. The minimum atomic E-state index is -0.408. The van der Waals surface area contributed by atoms with Crippen molar-refractivity contribution in [2.75, 3.05) is 20.8 Å². The highest BCUT2D eigenvalue weighted by atomic mass is 32.2. The van der Waals surface area contributed by atoms with Gasteiger partial charge in [0.25, 0.3) is 5.91 Å². The molecule has 13 heteroatoms. The lowest BCUT2D eigenvalue weighted by Crippen LogP contribution is -2.27. The topological polar surface area (TPSA) is 116 Å². The van der Waals surface area contributed by atoms with Gasteiger partial charge in [-0.3, -0.25) is 14.5 Å². The number of furan rings is 2. The molecule has 1 amide bonds. The number of thioether (sulfide) groups is 1. The molecule has 0 atom stereocenters. The number of nitrogens with zero attached hydrogens (tertiary/aromatic N) is 1. The number of hydrogen-bond acceptors (Lipinski definition) is 12. The lowest BCUT2D eigenvalue weighted by atomic mass is 10.2. The first kappa shape index (κ1) is 29.2. The van der Waals surface area contributed by atoms with Crippen molar-refractivity contribution in [3.05, 3.63) is 73.3 Å². The van der Waals surface area contributed by atoms with E-state index in [0.717, 1.165) is 0 Å². The van der Waals surface area contributed by atoms with Crippen molar-refractivity contribution in [2.45, 2.75) is 6.92 Å². The van der Waals surface area contributed by atoms with E-state index in [1.54, 1.807) is 58.1 Å². The number of likely N-dealkylation sites (N-methyl/N-ethyl adjacent to an activating group) is 1. The SMILES string of the molecule is CCN1C(=O)/C(=C\c2ccc(-c3ccsc3C(=O)OC)o2)SC1=S.COC(=O)c1sccc1-c1ccc(C=O)o1. The molecule has 1 aliphatic heterocycles. The summed E-state index contributed by atoms with van der Waals surface area (Å²) in [5.74, 6) is 0.880. The maximum atomic E-state index is 12.2. The van der Waals surface area contributed by atoms with Crippen molar-refractivity contribution in [3.8, 4) is 22.6 Å². The van der Waals surface area contributed by atoms with E-state index in [1.807, 2.05) is 6.92 Å². The molecule has 0 spiro atoms. The summed E-state index contributed by atoms with van der Waals surface area (Å²) in [7, 11) is 2.67. The second kappa shape index (κ2) is 13.0. The number of esters is 2. The van der Waals surface area contributed by atoms with Crippen molar-refractivity contribution in [3.63, 3.8) is 0 Å². The van der Waals surface area contributed by atoms with Crippen LogP contribution in [0.2, 0.25) is 0 Å². The number of thiocarbonyl (C=S) groups is 1. The number of methoxy groups -OCH3 is 2. The monoisotopic (exact) mass is 615 g/mol. The molecule has 40 heavy (non-hydrogen) atoms. The predicted molar refractivity (Wildman–Crippen MR) is 158 cm³/mol. The first-order valence-corrected chi connectivity index (χ1v) is 14.5. The highest BCUT2D eigenvalue weighted by Gasteiger charge is 2.31. The summed E-state index contributed by atoms with van der Waals surface area (Å²) in [5, 5.41) is 3.57. The summed E-state index contributed by atoms with van der Waals surface area (Å²) >= 11 is 9.00. The van der Waals surface area contributed by atoms with Gasteiger partial charge in [0.2, 0.25) is 0 Å². The number of rotatable bonds is 7. The van der Waals surface area contributed by atoms with Crippen LogP contribution in [0, 0.1) is 0 Å². The number of ether oxygens (including phenoxy) is 2. The third kappa shape index (κ3) is 6.17. The van der Waals surface area contributed by atoms with Gasteiger partial charge in [-0.15, -0.1) is 22.7 Å². The van der Waals surface area contributed by atoms with Crippen molar-refractivity contribution in [1.82, 2.24) is 4.90 Å². The van der Waals surface area contributed by atoms with Crippen LogP contribution >= 0.6 is 46.7 Å². The fourth-order valence-corrected chi connectivity index (χ4v) is 6.54. The molecule has 0 aromatic carbocycles. The van der Waals surface area contributed by atoms with Gasteiger partial charge in [0.15, 0.2) is 12.0 Å². The van der Waals surface area contributed by atoms with E-state index in [4.69, 9.17) is 25.8 Å². The molecule has 1 fully saturated rings. The second-order valence-electron chi connectivity index (χ2n) is 7.76. The molecular weight excluding hydrogens is 595 g/mol. The standard InChI is InChI=1S/C16H13NO4S3.C11H8O4S/c1-3-17-14(18)12(24-16(17)22)8-9-4-5-11(21-9)10-6-7-23-13(10)15(19)20-2;1-14-11(13)10-8(4-5-16-10)9-3-2-7(6-12)15-9/h4-8H,3H2,1-2H3;2-6H,1H3/b12-8+;. The largest absolute Gasteiger partial charge is 0.465 e. The van der Waals surface area contributed by atoms with Crippen LogP contribution in [-0.4, -0.2) is 54.1 Å². The maximum absolute atomic E-state index is 12.2. The molecule has 0 N–H and O–H groups in total. The normalized spacial score (nSPS) is 13.8. The Labute approximate surface area is 246 Å². The van der Waals surface area contributed by atoms with E-state index < -0.39 is 11.9 Å². The third-order valence-electron chi connectivity index (χ3n) is 5.44. The van der Waals surface area contributed by atoms with Crippen LogP contribution in [0.3, 0.4) is 0 Å². The van der Waals surface area contributed by atoms with Gasteiger partial charge in [0, 0.05) is 23.7 Å². The third-order valence-corrected chi connectivity index (χ3v) is 8.60. The van der Waals surface area contributed by atoms with Crippen molar-refractivity contribution < 1.29 is 37.5 Å². The first-order valence-electron chi connectivity index (χ1n) is 11.5. The molecule has 0 unspecified atom stereocenters. The number of carbonyl (C=O) groups is 4. The lowest BCUT2D eigenvalue weighted by molar-refractivity contribution is -0.122. The smallest absolute Gasteiger partial charge is 0.348 e. The Hall–Kier alpha value is -3.78. The van der Waals surface area contributed by atoms with Gasteiger partial charge in [0.05, 0.1) is 19.1 Å². The van der Waals surface area contributed by atoms with Crippen LogP contribution in [0.5, 0.6) is 0 Å². The van der Waals surface area contributed by atoms with Crippen LogP contribution in [-0.2, 0) is 14.3 Å². The zero-order valence-electron chi connectivity index (χ0n) is 21.3. The fourth-order valence-electron chi connectivity index (χ4n) is 3.55. The number of amides is 1. The summed E-state index contributed by atoms with van der Waals surface area (Å²) in [5.41, 5.74) is 1.32. The van der Waals surface area contributed by atoms with Gasteiger partial charge >= 0.3 is 11.9 Å². The Morgan fingerprint density at radius 2 is 1.43 bits per heavy atom. The molecule has 1 saturated heterocycles. The average molecular weight is 616 g/mol. The van der Waals surface area contributed by atoms with E-state index >= 15 is 0 Å². The summed E-state index contributed by atoms with van der Waals surface area (Å²) in [6.07, 6.45) is 2.29. The Bertz CT molecular complexity index is 1610. The van der Waals surface area contributed by atoms with Gasteiger partial charge in [-0.1, -0.05) is 24.0 Å². The van der Waals surface area contributed by atoms with Crippen LogP contribution < -0.4 is 0 Å². The van der Waals surface area contributed by atoms with Crippen molar-refractivity contribution in [2.24, 2.45) is 0 Å². The molecule has 1 aliphatic rings. The fraction of sp³-hybridized carbons (Fsp3) is 0.148. The number of thiophene rings is 2. The Kier molecular flexibility index (Phi) is 9.53.